The first-order chi connectivity index (χ1) is 9.66. The maximum absolute atomic E-state index is 13.9. The number of nitrogens with zero attached hydrogens (tertiary/aromatic N) is 1. The number of rotatable bonds is 2. The van der Waals surface area contributed by atoms with Crippen LogP contribution in [0.4, 0.5) is 4.39 Å². The molecule has 0 bridgehead atoms. The first-order valence-corrected chi connectivity index (χ1v) is 7.42. The van der Waals surface area contributed by atoms with E-state index in [9.17, 15) is 14.3 Å². The third-order valence-electron chi connectivity index (χ3n) is 4.80. The molecule has 0 radical (unpaired) electrons. The Kier molecular flexibility index (Phi) is 3.50. The van der Waals surface area contributed by atoms with Gasteiger partial charge in [0.15, 0.2) is 0 Å². The summed E-state index contributed by atoms with van der Waals surface area (Å²) < 4.78 is 13.9. The van der Waals surface area contributed by atoms with Crippen molar-refractivity contribution in [3.63, 3.8) is 0 Å². The van der Waals surface area contributed by atoms with E-state index in [-0.39, 0.29) is 5.82 Å². The predicted molar refractivity (Wildman–Crippen MR) is 74.1 cm³/mol. The zero-order valence-corrected chi connectivity index (χ0v) is 11.6. The standard InChI is InChI=1S/C16H20FNO2/c17-14-7-5-6-13-12(14)8-9-16(13,15(19)20)18-10-3-1-2-4-11-18/h5-7H,1-4,8-11H2,(H,19,20). The number of halogens is 1. The lowest BCUT2D eigenvalue weighted by Gasteiger charge is -2.38. The third-order valence-corrected chi connectivity index (χ3v) is 4.80. The molecule has 1 N–H and O–H groups in total. The highest BCUT2D eigenvalue weighted by atomic mass is 19.1. The minimum Gasteiger partial charge on any atom is -0.480 e. The first kappa shape index (κ1) is 13.6. The minimum atomic E-state index is -1.01. The Morgan fingerprint density at radius 2 is 1.90 bits per heavy atom. The molecule has 1 aromatic carbocycles. The molecule has 1 saturated heterocycles. The molecule has 1 aliphatic heterocycles. The summed E-state index contributed by atoms with van der Waals surface area (Å²) in [6.07, 6.45) is 5.37. The van der Waals surface area contributed by atoms with Gasteiger partial charge in [0, 0.05) is 0 Å². The topological polar surface area (TPSA) is 40.5 Å². The van der Waals surface area contributed by atoms with Gasteiger partial charge in [0.2, 0.25) is 0 Å². The minimum absolute atomic E-state index is 0.263. The van der Waals surface area contributed by atoms with E-state index in [4.69, 9.17) is 0 Å². The summed E-state index contributed by atoms with van der Waals surface area (Å²) in [5.41, 5.74) is 0.257. The van der Waals surface area contributed by atoms with Crippen LogP contribution in [0.1, 0.15) is 43.2 Å². The highest BCUT2D eigenvalue weighted by Gasteiger charge is 2.50. The van der Waals surface area contributed by atoms with Crippen LogP contribution in [0, 0.1) is 5.82 Å². The van der Waals surface area contributed by atoms with Crippen LogP contribution < -0.4 is 0 Å². The van der Waals surface area contributed by atoms with Gasteiger partial charge in [0.25, 0.3) is 0 Å². The molecule has 3 rings (SSSR count). The average molecular weight is 277 g/mol. The molecule has 4 heteroatoms. The molecule has 1 fully saturated rings. The van der Waals surface area contributed by atoms with Gasteiger partial charge >= 0.3 is 5.97 Å². The summed E-state index contributed by atoms with van der Waals surface area (Å²) in [4.78, 5) is 14.1. The van der Waals surface area contributed by atoms with Crippen molar-refractivity contribution >= 4 is 5.97 Å². The van der Waals surface area contributed by atoms with Gasteiger partial charge in [0.05, 0.1) is 0 Å². The fourth-order valence-electron chi connectivity index (χ4n) is 3.78. The average Bonchev–Trinajstić information content (AvgIpc) is 2.64. The second-order valence-corrected chi connectivity index (χ2v) is 5.83. The number of carboxylic acids is 1. The highest BCUT2D eigenvalue weighted by molar-refractivity contribution is 5.82. The van der Waals surface area contributed by atoms with Crippen LogP contribution in [0.5, 0.6) is 0 Å². The molecule has 3 nitrogen and oxygen atoms in total. The molecular formula is C16H20FNO2. The number of carbonyl (C=O) groups is 1. The number of carboxylic acid groups (broad SMARTS) is 1. The van der Waals surface area contributed by atoms with E-state index in [0.717, 1.165) is 38.8 Å². The van der Waals surface area contributed by atoms with Crippen LogP contribution >= 0.6 is 0 Å². The maximum atomic E-state index is 13.9. The van der Waals surface area contributed by atoms with Crippen LogP contribution in [0.25, 0.3) is 0 Å². The molecule has 1 atom stereocenters. The number of hydrogen-bond donors (Lipinski definition) is 1. The summed E-state index contributed by atoms with van der Waals surface area (Å²) in [5, 5.41) is 9.88. The molecule has 0 aromatic heterocycles. The number of fused-ring (bicyclic) bond motifs is 1. The van der Waals surface area contributed by atoms with Crippen molar-refractivity contribution in [3.05, 3.63) is 35.1 Å². The Balaban J connectivity index is 2.07. The highest BCUT2D eigenvalue weighted by Crippen LogP contribution is 2.43. The third kappa shape index (κ3) is 1.94. The van der Waals surface area contributed by atoms with Crippen molar-refractivity contribution < 1.29 is 14.3 Å². The van der Waals surface area contributed by atoms with Gasteiger partial charge < -0.3 is 5.11 Å². The Bertz CT molecular complexity index is 523. The van der Waals surface area contributed by atoms with Gasteiger partial charge in [-0.25, -0.2) is 9.18 Å². The van der Waals surface area contributed by atoms with Crippen molar-refractivity contribution in [2.24, 2.45) is 0 Å². The number of aliphatic carboxylic acids is 1. The van der Waals surface area contributed by atoms with E-state index in [1.165, 1.54) is 6.07 Å². The van der Waals surface area contributed by atoms with Crippen molar-refractivity contribution in [3.8, 4) is 0 Å². The lowest BCUT2D eigenvalue weighted by Crippen LogP contribution is -2.51. The zero-order chi connectivity index (χ0) is 14.2. The van der Waals surface area contributed by atoms with Crippen molar-refractivity contribution in [1.82, 2.24) is 4.90 Å². The van der Waals surface area contributed by atoms with Crippen molar-refractivity contribution in [2.45, 2.75) is 44.1 Å². The lowest BCUT2D eigenvalue weighted by atomic mass is 9.89. The Morgan fingerprint density at radius 3 is 2.55 bits per heavy atom. The van der Waals surface area contributed by atoms with Crippen LogP contribution in [0.3, 0.4) is 0 Å². The molecule has 1 heterocycles. The van der Waals surface area contributed by atoms with Gasteiger partial charge in [-0.15, -0.1) is 0 Å². The normalized spacial score (nSPS) is 27.1. The van der Waals surface area contributed by atoms with E-state index in [1.54, 1.807) is 12.1 Å². The number of likely N-dealkylation sites (tertiary alicyclic amines) is 1. The van der Waals surface area contributed by atoms with E-state index >= 15 is 0 Å². The predicted octanol–water partition coefficient (Wildman–Crippen LogP) is 2.93. The van der Waals surface area contributed by atoms with Gasteiger partial charge in [-0.05, 0) is 56.0 Å². The van der Waals surface area contributed by atoms with Crippen LogP contribution in [-0.2, 0) is 16.8 Å². The smallest absolute Gasteiger partial charge is 0.328 e. The van der Waals surface area contributed by atoms with Gasteiger partial charge in [-0.3, -0.25) is 4.90 Å². The molecule has 0 saturated carbocycles. The lowest BCUT2D eigenvalue weighted by molar-refractivity contribution is -0.152. The molecule has 20 heavy (non-hydrogen) atoms. The van der Waals surface area contributed by atoms with Crippen LogP contribution in [0.15, 0.2) is 18.2 Å². The number of hydrogen-bond acceptors (Lipinski definition) is 2. The molecule has 108 valence electrons. The van der Waals surface area contributed by atoms with Crippen LogP contribution in [-0.4, -0.2) is 29.1 Å². The molecule has 1 aromatic rings. The van der Waals surface area contributed by atoms with Gasteiger partial charge in [-0.1, -0.05) is 25.0 Å². The van der Waals surface area contributed by atoms with E-state index in [1.807, 2.05) is 0 Å². The van der Waals surface area contributed by atoms with Gasteiger partial charge in [0.1, 0.15) is 11.4 Å². The fourth-order valence-corrected chi connectivity index (χ4v) is 3.78. The molecule has 0 spiro atoms. The second-order valence-electron chi connectivity index (χ2n) is 5.83. The summed E-state index contributed by atoms with van der Waals surface area (Å²) in [6.45, 7) is 1.59. The summed E-state index contributed by atoms with van der Waals surface area (Å²) >= 11 is 0. The van der Waals surface area contributed by atoms with Crippen LogP contribution in [0.2, 0.25) is 0 Å². The van der Waals surface area contributed by atoms with E-state index in [0.29, 0.717) is 24.0 Å². The monoisotopic (exact) mass is 277 g/mol. The summed E-state index contributed by atoms with van der Waals surface area (Å²) in [6, 6.07) is 4.86. The Hall–Kier alpha value is -1.42. The molecule has 0 amide bonds. The van der Waals surface area contributed by atoms with E-state index < -0.39 is 11.5 Å². The Morgan fingerprint density at radius 1 is 1.20 bits per heavy atom. The SMILES string of the molecule is O=C(O)C1(N2CCCCCC2)CCc2c(F)cccc21. The van der Waals surface area contributed by atoms with Gasteiger partial charge in [-0.2, -0.15) is 0 Å². The zero-order valence-electron chi connectivity index (χ0n) is 11.6. The molecule has 1 unspecified atom stereocenters. The summed E-state index contributed by atoms with van der Waals surface area (Å²) in [7, 11) is 0. The number of benzene rings is 1. The molecule has 1 aliphatic carbocycles. The second kappa shape index (κ2) is 5.17. The van der Waals surface area contributed by atoms with Crippen molar-refractivity contribution in [1.29, 1.82) is 0 Å². The fraction of sp³-hybridized carbons (Fsp3) is 0.562. The van der Waals surface area contributed by atoms with E-state index in [2.05, 4.69) is 4.90 Å². The summed E-state index contributed by atoms with van der Waals surface area (Å²) in [5.74, 6) is -1.09. The maximum Gasteiger partial charge on any atom is 0.328 e. The quantitative estimate of drug-likeness (QED) is 0.903. The Labute approximate surface area is 118 Å². The first-order valence-electron chi connectivity index (χ1n) is 7.42. The van der Waals surface area contributed by atoms with Crippen molar-refractivity contribution in [2.75, 3.05) is 13.1 Å². The largest absolute Gasteiger partial charge is 0.480 e. The molecular weight excluding hydrogens is 257 g/mol. The molecule has 2 aliphatic rings.